The minimum atomic E-state index is -0.648. The van der Waals surface area contributed by atoms with E-state index < -0.39 is 18.5 Å². The first kappa shape index (κ1) is 22.4. The van der Waals surface area contributed by atoms with Crippen LogP contribution < -0.4 is 5.32 Å². The zero-order valence-electron chi connectivity index (χ0n) is 17.3. The summed E-state index contributed by atoms with van der Waals surface area (Å²) >= 11 is 7.31. The van der Waals surface area contributed by atoms with E-state index in [4.69, 9.17) is 21.1 Å². The molecule has 0 aliphatic carbocycles. The van der Waals surface area contributed by atoms with Gasteiger partial charge in [-0.1, -0.05) is 35.9 Å². The molecule has 1 saturated heterocycles. The van der Waals surface area contributed by atoms with Crippen LogP contribution in [0.5, 0.6) is 0 Å². The summed E-state index contributed by atoms with van der Waals surface area (Å²) in [4.78, 5) is 31.0. The summed E-state index contributed by atoms with van der Waals surface area (Å²) in [6.45, 7) is 3.82. The molecular weight excluding hydrogens is 450 g/mol. The van der Waals surface area contributed by atoms with E-state index >= 15 is 0 Å². The van der Waals surface area contributed by atoms with Gasteiger partial charge in [0, 0.05) is 41.3 Å². The zero-order valence-corrected chi connectivity index (χ0v) is 18.8. The van der Waals surface area contributed by atoms with Crippen LogP contribution in [0.2, 0.25) is 5.02 Å². The number of esters is 1. The van der Waals surface area contributed by atoms with Crippen LogP contribution >= 0.6 is 22.9 Å². The maximum absolute atomic E-state index is 12.2. The number of morpholine rings is 1. The van der Waals surface area contributed by atoms with Gasteiger partial charge in [0.15, 0.2) is 12.3 Å². The second kappa shape index (κ2) is 10.7. The van der Waals surface area contributed by atoms with E-state index in [-0.39, 0.29) is 5.69 Å². The lowest BCUT2D eigenvalue weighted by Gasteiger charge is -2.26. The molecule has 1 aliphatic rings. The van der Waals surface area contributed by atoms with Crippen LogP contribution in [0.25, 0.3) is 10.6 Å². The number of aromatic nitrogens is 1. The average molecular weight is 472 g/mol. The van der Waals surface area contributed by atoms with Crippen LogP contribution in [0.4, 0.5) is 5.69 Å². The van der Waals surface area contributed by atoms with Gasteiger partial charge in [0.1, 0.15) is 5.01 Å². The van der Waals surface area contributed by atoms with E-state index in [9.17, 15) is 9.59 Å². The van der Waals surface area contributed by atoms with Gasteiger partial charge >= 0.3 is 5.97 Å². The molecule has 2 aromatic carbocycles. The Morgan fingerprint density at radius 1 is 1.16 bits per heavy atom. The minimum Gasteiger partial charge on any atom is -0.451 e. The SMILES string of the molecule is O=C(COC(=O)c1csc(-c2cccc(Cl)c2)n1)Nc1ccc(CN2CCOCC2)cc1. The Balaban J connectivity index is 1.25. The van der Waals surface area contributed by atoms with Crippen molar-refractivity contribution in [1.82, 2.24) is 9.88 Å². The Morgan fingerprint density at radius 3 is 2.69 bits per heavy atom. The molecule has 0 unspecified atom stereocenters. The van der Waals surface area contributed by atoms with Crippen LogP contribution in [0.15, 0.2) is 53.9 Å². The second-order valence-corrected chi connectivity index (χ2v) is 8.55. The summed E-state index contributed by atoms with van der Waals surface area (Å²) in [5.74, 6) is -1.06. The van der Waals surface area contributed by atoms with E-state index in [0.717, 1.165) is 44.0 Å². The second-order valence-electron chi connectivity index (χ2n) is 7.26. The molecule has 32 heavy (non-hydrogen) atoms. The summed E-state index contributed by atoms with van der Waals surface area (Å²) in [5.41, 5.74) is 2.78. The fourth-order valence-electron chi connectivity index (χ4n) is 3.23. The van der Waals surface area contributed by atoms with E-state index in [1.165, 1.54) is 11.3 Å². The molecule has 7 nitrogen and oxygen atoms in total. The quantitative estimate of drug-likeness (QED) is 0.523. The maximum atomic E-state index is 12.2. The molecule has 1 N–H and O–H groups in total. The number of hydrogen-bond donors (Lipinski definition) is 1. The molecule has 166 valence electrons. The van der Waals surface area contributed by atoms with Crippen molar-refractivity contribution in [2.24, 2.45) is 0 Å². The number of anilines is 1. The van der Waals surface area contributed by atoms with Gasteiger partial charge in [0.05, 0.1) is 13.2 Å². The molecule has 9 heteroatoms. The van der Waals surface area contributed by atoms with Crippen molar-refractivity contribution in [3.63, 3.8) is 0 Å². The number of nitrogens with one attached hydrogen (secondary N) is 1. The van der Waals surface area contributed by atoms with Gasteiger partial charge in [-0.3, -0.25) is 9.69 Å². The third-order valence-electron chi connectivity index (χ3n) is 4.87. The molecule has 1 fully saturated rings. The van der Waals surface area contributed by atoms with Crippen molar-refractivity contribution in [1.29, 1.82) is 0 Å². The Morgan fingerprint density at radius 2 is 1.94 bits per heavy atom. The summed E-state index contributed by atoms with van der Waals surface area (Å²) < 4.78 is 10.5. The van der Waals surface area contributed by atoms with E-state index in [1.807, 2.05) is 36.4 Å². The molecule has 0 bridgehead atoms. The van der Waals surface area contributed by atoms with Gasteiger partial charge in [0.2, 0.25) is 0 Å². The summed E-state index contributed by atoms with van der Waals surface area (Å²) in [7, 11) is 0. The standard InChI is InChI=1S/C23H22ClN3O4S/c24-18-3-1-2-17(12-18)22-26-20(15-32-22)23(29)31-14-21(28)25-19-6-4-16(5-7-19)13-27-8-10-30-11-9-27/h1-7,12,15H,8-11,13-14H2,(H,25,28). The lowest BCUT2D eigenvalue weighted by Crippen LogP contribution is -2.35. The number of ether oxygens (including phenoxy) is 2. The number of thiazole rings is 1. The van der Waals surface area contributed by atoms with Crippen LogP contribution in [0.3, 0.4) is 0 Å². The molecule has 0 atom stereocenters. The lowest BCUT2D eigenvalue weighted by molar-refractivity contribution is -0.119. The zero-order chi connectivity index (χ0) is 22.3. The molecule has 0 saturated carbocycles. The Labute approximate surface area is 194 Å². The highest BCUT2D eigenvalue weighted by Crippen LogP contribution is 2.26. The van der Waals surface area contributed by atoms with Crippen molar-refractivity contribution in [2.75, 3.05) is 38.2 Å². The predicted octanol–water partition coefficient (Wildman–Crippen LogP) is 4.09. The van der Waals surface area contributed by atoms with Gasteiger partial charge in [-0.2, -0.15) is 0 Å². The first-order chi connectivity index (χ1) is 15.6. The summed E-state index contributed by atoms with van der Waals surface area (Å²) in [6, 6.07) is 14.9. The van der Waals surface area contributed by atoms with Gasteiger partial charge in [-0.15, -0.1) is 11.3 Å². The Hall–Kier alpha value is -2.78. The van der Waals surface area contributed by atoms with Crippen LogP contribution in [-0.4, -0.2) is 54.7 Å². The first-order valence-electron chi connectivity index (χ1n) is 10.1. The number of carbonyl (C=O) groups is 2. The number of nitrogens with zero attached hydrogens (tertiary/aromatic N) is 2. The largest absolute Gasteiger partial charge is 0.451 e. The number of amides is 1. The first-order valence-corrected chi connectivity index (χ1v) is 11.4. The van der Waals surface area contributed by atoms with Gasteiger partial charge in [-0.05, 0) is 29.8 Å². The van der Waals surface area contributed by atoms with Crippen LogP contribution in [-0.2, 0) is 20.8 Å². The fourth-order valence-corrected chi connectivity index (χ4v) is 4.21. The number of rotatable bonds is 7. The van der Waals surface area contributed by atoms with Crippen molar-refractivity contribution in [3.05, 3.63) is 70.2 Å². The number of carbonyl (C=O) groups excluding carboxylic acids is 2. The van der Waals surface area contributed by atoms with Gasteiger partial charge in [0.25, 0.3) is 5.91 Å². The molecule has 1 aromatic heterocycles. The highest BCUT2D eigenvalue weighted by molar-refractivity contribution is 7.13. The van der Waals surface area contributed by atoms with Crippen molar-refractivity contribution < 1.29 is 19.1 Å². The van der Waals surface area contributed by atoms with Gasteiger partial charge in [-0.25, -0.2) is 9.78 Å². The topological polar surface area (TPSA) is 80.8 Å². The molecule has 0 spiro atoms. The number of halogens is 1. The third kappa shape index (κ3) is 6.14. The molecule has 1 aliphatic heterocycles. The van der Waals surface area contributed by atoms with Crippen molar-refractivity contribution in [3.8, 4) is 10.6 Å². The number of benzene rings is 2. The molecule has 2 heterocycles. The maximum Gasteiger partial charge on any atom is 0.358 e. The van der Waals surface area contributed by atoms with E-state index in [0.29, 0.717) is 15.7 Å². The van der Waals surface area contributed by atoms with Gasteiger partial charge < -0.3 is 14.8 Å². The monoisotopic (exact) mass is 471 g/mol. The lowest BCUT2D eigenvalue weighted by atomic mass is 10.2. The molecule has 4 rings (SSSR count). The molecular formula is C23H22ClN3O4S. The summed E-state index contributed by atoms with van der Waals surface area (Å²) in [6.07, 6.45) is 0. The Kier molecular flexibility index (Phi) is 7.49. The van der Waals surface area contributed by atoms with E-state index in [2.05, 4.69) is 15.2 Å². The van der Waals surface area contributed by atoms with E-state index in [1.54, 1.807) is 17.5 Å². The van der Waals surface area contributed by atoms with Crippen molar-refractivity contribution in [2.45, 2.75) is 6.54 Å². The fraction of sp³-hybridized carbons (Fsp3) is 0.261. The molecule has 3 aromatic rings. The summed E-state index contributed by atoms with van der Waals surface area (Å²) in [5, 5.41) is 5.58. The minimum absolute atomic E-state index is 0.158. The van der Waals surface area contributed by atoms with Crippen molar-refractivity contribution >= 4 is 40.5 Å². The van der Waals surface area contributed by atoms with Crippen LogP contribution in [0, 0.1) is 0 Å². The molecule has 0 radical (unpaired) electrons. The number of hydrogen-bond acceptors (Lipinski definition) is 7. The van der Waals surface area contributed by atoms with Crippen LogP contribution in [0.1, 0.15) is 16.1 Å². The average Bonchev–Trinajstić information content (AvgIpc) is 3.30. The Bertz CT molecular complexity index is 1080. The highest BCUT2D eigenvalue weighted by atomic mass is 35.5. The smallest absolute Gasteiger partial charge is 0.358 e. The predicted molar refractivity (Wildman–Crippen MR) is 124 cm³/mol. The highest BCUT2D eigenvalue weighted by Gasteiger charge is 2.15. The normalized spacial score (nSPS) is 14.2. The molecule has 1 amide bonds. The third-order valence-corrected chi connectivity index (χ3v) is 5.99.